The fourth-order valence-electron chi connectivity index (χ4n) is 2.38. The first-order valence-electron chi connectivity index (χ1n) is 7.51. The number of hydrogen-bond donors (Lipinski definition) is 1. The van der Waals surface area contributed by atoms with Crippen molar-refractivity contribution >= 4 is 88.9 Å². The molecule has 0 saturated heterocycles. The van der Waals surface area contributed by atoms with Crippen LogP contribution in [0.2, 0.25) is 15.1 Å². The maximum Gasteiger partial charge on any atom is 0.294 e. The number of thiophene rings is 1. The Morgan fingerprint density at radius 2 is 1.85 bits per heavy atom. The van der Waals surface area contributed by atoms with E-state index in [1.807, 2.05) is 6.07 Å². The van der Waals surface area contributed by atoms with E-state index < -0.39 is 10.0 Å². The Hall–Kier alpha value is -0.960. The van der Waals surface area contributed by atoms with Gasteiger partial charge in [0, 0.05) is 15.4 Å². The molecule has 142 valence electrons. The van der Waals surface area contributed by atoms with Crippen LogP contribution in [0.5, 0.6) is 0 Å². The van der Waals surface area contributed by atoms with Gasteiger partial charge in [0.05, 0.1) is 10.0 Å². The molecule has 0 aliphatic carbocycles. The summed E-state index contributed by atoms with van der Waals surface area (Å²) < 4.78 is 30.8. The number of rotatable bonds is 3. The molecule has 0 spiro atoms. The summed E-state index contributed by atoms with van der Waals surface area (Å²) in [6.07, 6.45) is 1.73. The van der Waals surface area contributed by atoms with Gasteiger partial charge in [0.15, 0.2) is 5.17 Å². The molecule has 10 heteroatoms. The minimum atomic E-state index is -3.89. The summed E-state index contributed by atoms with van der Waals surface area (Å²) in [5.41, 5.74) is 1.23. The van der Waals surface area contributed by atoms with E-state index in [1.54, 1.807) is 43.5 Å². The van der Waals surface area contributed by atoms with Gasteiger partial charge in [0.1, 0.15) is 4.21 Å². The van der Waals surface area contributed by atoms with Crippen LogP contribution in [0, 0.1) is 6.92 Å². The lowest BCUT2D eigenvalue weighted by atomic mass is 10.2. The number of benzene rings is 2. The highest BCUT2D eigenvalue weighted by Crippen LogP contribution is 2.36. The molecule has 1 N–H and O–H groups in total. The van der Waals surface area contributed by atoms with E-state index in [9.17, 15) is 8.42 Å². The molecule has 0 aliphatic rings. The van der Waals surface area contributed by atoms with E-state index in [1.165, 1.54) is 23.1 Å². The van der Waals surface area contributed by atoms with E-state index in [0.29, 0.717) is 26.3 Å². The van der Waals surface area contributed by atoms with E-state index >= 15 is 0 Å². The third-order valence-corrected chi connectivity index (χ3v) is 8.47. The number of amidine groups is 1. The smallest absolute Gasteiger partial charge is 0.294 e. The highest BCUT2D eigenvalue weighted by atomic mass is 35.5. The quantitative estimate of drug-likeness (QED) is 0.336. The van der Waals surface area contributed by atoms with Crippen molar-refractivity contribution in [3.63, 3.8) is 0 Å². The van der Waals surface area contributed by atoms with Gasteiger partial charge in [-0.3, -0.25) is 0 Å². The average Bonchev–Trinajstić information content (AvgIpc) is 2.94. The molecule has 27 heavy (non-hydrogen) atoms. The lowest BCUT2D eigenvalue weighted by Crippen LogP contribution is -2.11. The van der Waals surface area contributed by atoms with E-state index in [4.69, 9.17) is 34.8 Å². The molecule has 2 aromatic carbocycles. The Morgan fingerprint density at radius 1 is 1.11 bits per heavy atom. The molecule has 0 bridgehead atoms. The third kappa shape index (κ3) is 4.55. The number of nitrogens with one attached hydrogen (secondary N) is 1. The maximum atomic E-state index is 12.9. The van der Waals surface area contributed by atoms with Gasteiger partial charge in [-0.1, -0.05) is 46.6 Å². The summed E-state index contributed by atoms with van der Waals surface area (Å²) in [4.78, 5) is 0. The van der Waals surface area contributed by atoms with Crippen molar-refractivity contribution in [2.75, 3.05) is 11.6 Å². The molecular formula is C17H13Cl3N2O2S3. The normalized spacial score (nSPS) is 12.6. The van der Waals surface area contributed by atoms with Crippen LogP contribution in [-0.4, -0.2) is 19.8 Å². The molecule has 0 fully saturated rings. The van der Waals surface area contributed by atoms with Crippen LogP contribution in [0.1, 0.15) is 5.56 Å². The van der Waals surface area contributed by atoms with Gasteiger partial charge in [0.2, 0.25) is 0 Å². The monoisotopic (exact) mass is 478 g/mol. The third-order valence-electron chi connectivity index (χ3n) is 3.66. The molecule has 0 amide bonds. The SMILES string of the molecule is CS/C(=N\S(=O)(=O)c1sc2ccc(Cl)cc2c1C)Nc1ccc(Cl)c(Cl)c1. The Balaban J connectivity index is 1.99. The lowest BCUT2D eigenvalue weighted by molar-refractivity contribution is 0.599. The Bertz CT molecular complexity index is 1160. The number of aryl methyl sites for hydroxylation is 1. The van der Waals surface area contributed by atoms with Crippen LogP contribution >= 0.6 is 57.9 Å². The van der Waals surface area contributed by atoms with Gasteiger partial charge in [0.25, 0.3) is 10.0 Å². The predicted molar refractivity (Wildman–Crippen MR) is 120 cm³/mol. The Morgan fingerprint density at radius 3 is 2.52 bits per heavy atom. The first kappa shape index (κ1) is 20.8. The van der Waals surface area contributed by atoms with Crippen molar-refractivity contribution in [2.45, 2.75) is 11.1 Å². The fraction of sp³-hybridized carbons (Fsp3) is 0.118. The summed E-state index contributed by atoms with van der Waals surface area (Å²) >= 11 is 20.3. The van der Waals surface area contributed by atoms with Crippen LogP contribution in [0.3, 0.4) is 0 Å². The summed E-state index contributed by atoms with van der Waals surface area (Å²) in [6, 6.07) is 10.2. The molecule has 0 atom stereocenters. The zero-order valence-electron chi connectivity index (χ0n) is 14.1. The Labute approximate surface area is 180 Å². The van der Waals surface area contributed by atoms with Crippen LogP contribution < -0.4 is 5.32 Å². The van der Waals surface area contributed by atoms with Crippen LogP contribution in [0.25, 0.3) is 10.1 Å². The maximum absolute atomic E-state index is 12.9. The van der Waals surface area contributed by atoms with Crippen LogP contribution in [0.15, 0.2) is 45.0 Å². The second-order valence-electron chi connectivity index (χ2n) is 5.48. The number of fused-ring (bicyclic) bond motifs is 1. The first-order valence-corrected chi connectivity index (χ1v) is 12.1. The summed E-state index contributed by atoms with van der Waals surface area (Å²) in [6.45, 7) is 1.75. The van der Waals surface area contributed by atoms with Crippen molar-refractivity contribution in [3.05, 3.63) is 57.0 Å². The summed E-state index contributed by atoms with van der Waals surface area (Å²) in [5, 5.41) is 5.33. The molecule has 3 aromatic rings. The minimum Gasteiger partial charge on any atom is -0.334 e. The van der Waals surface area contributed by atoms with Gasteiger partial charge in [-0.2, -0.15) is 8.42 Å². The van der Waals surface area contributed by atoms with Gasteiger partial charge < -0.3 is 5.32 Å². The summed E-state index contributed by atoms with van der Waals surface area (Å²) in [5.74, 6) is 0. The second-order valence-corrected chi connectivity index (χ2v) is 10.4. The van der Waals surface area contributed by atoms with E-state index in [2.05, 4.69) is 9.71 Å². The fourth-order valence-corrected chi connectivity index (χ4v) is 6.23. The molecule has 0 saturated carbocycles. The van der Waals surface area contributed by atoms with Crippen molar-refractivity contribution in [2.24, 2.45) is 4.40 Å². The summed E-state index contributed by atoms with van der Waals surface area (Å²) in [7, 11) is -3.89. The first-order chi connectivity index (χ1) is 12.7. The zero-order chi connectivity index (χ0) is 19.8. The minimum absolute atomic E-state index is 0.197. The molecule has 0 aliphatic heterocycles. The highest BCUT2D eigenvalue weighted by Gasteiger charge is 2.22. The van der Waals surface area contributed by atoms with Gasteiger partial charge >= 0.3 is 0 Å². The van der Waals surface area contributed by atoms with Crippen LogP contribution in [-0.2, 0) is 10.0 Å². The lowest BCUT2D eigenvalue weighted by Gasteiger charge is -2.08. The van der Waals surface area contributed by atoms with Crippen molar-refractivity contribution in [3.8, 4) is 0 Å². The van der Waals surface area contributed by atoms with E-state index in [-0.39, 0.29) is 9.38 Å². The standard InChI is InChI=1S/C17H13Cl3N2O2S3/c1-9-12-7-10(18)3-6-15(12)26-16(9)27(23,24)22-17(25-2)21-11-4-5-13(19)14(20)8-11/h3-8H,1-2H3,(H,21,22). The number of thioether (sulfide) groups is 1. The van der Waals surface area contributed by atoms with Gasteiger partial charge in [-0.05, 0) is 60.5 Å². The average molecular weight is 480 g/mol. The topological polar surface area (TPSA) is 58.5 Å². The molecule has 4 nitrogen and oxygen atoms in total. The molecule has 0 radical (unpaired) electrons. The highest BCUT2D eigenvalue weighted by molar-refractivity contribution is 8.14. The second kappa shape index (κ2) is 8.19. The van der Waals surface area contributed by atoms with Crippen molar-refractivity contribution in [1.29, 1.82) is 0 Å². The zero-order valence-corrected chi connectivity index (χ0v) is 18.8. The largest absolute Gasteiger partial charge is 0.334 e. The van der Waals surface area contributed by atoms with Crippen LogP contribution in [0.4, 0.5) is 5.69 Å². The van der Waals surface area contributed by atoms with E-state index in [0.717, 1.165) is 10.1 Å². The van der Waals surface area contributed by atoms with Crippen molar-refractivity contribution < 1.29 is 8.42 Å². The molecular weight excluding hydrogens is 467 g/mol. The molecule has 3 rings (SSSR count). The van der Waals surface area contributed by atoms with Gasteiger partial charge in [-0.15, -0.1) is 15.7 Å². The number of sulfonamides is 1. The predicted octanol–water partition coefficient (Wildman–Crippen LogP) is 6.69. The Kier molecular flexibility index (Phi) is 6.30. The number of hydrogen-bond acceptors (Lipinski definition) is 4. The number of anilines is 1. The number of nitrogens with zero attached hydrogens (tertiary/aromatic N) is 1. The van der Waals surface area contributed by atoms with Crippen molar-refractivity contribution in [1.82, 2.24) is 0 Å². The molecule has 1 aromatic heterocycles. The van der Waals surface area contributed by atoms with Gasteiger partial charge in [-0.25, -0.2) is 0 Å². The number of halogens is 3. The molecule has 1 heterocycles. The molecule has 0 unspecified atom stereocenters.